The Hall–Kier alpha value is -0.780. The zero-order valence-electron chi connectivity index (χ0n) is 11.5. The predicted molar refractivity (Wildman–Crippen MR) is 63.0 cm³/mol. The Kier molecular flexibility index (Phi) is 5.23. The van der Waals surface area contributed by atoms with Crippen LogP contribution in [0, 0.1) is 5.41 Å². The van der Waals surface area contributed by atoms with Crippen LogP contribution < -0.4 is 5.32 Å². The minimum Gasteiger partial charge on any atom is -0.381 e. The first-order valence-electron chi connectivity index (χ1n) is 5.93. The van der Waals surface area contributed by atoms with Crippen LogP contribution in [0.2, 0.25) is 0 Å². The van der Waals surface area contributed by atoms with Gasteiger partial charge in [-0.25, -0.2) is 0 Å². The molecule has 1 amide bonds. The number of halogens is 3. The van der Waals surface area contributed by atoms with E-state index in [2.05, 4.69) is 5.32 Å². The van der Waals surface area contributed by atoms with Crippen LogP contribution in [0.1, 0.15) is 47.5 Å². The number of aliphatic hydroxyl groups is 1. The second-order valence-electron chi connectivity index (χ2n) is 5.59. The highest BCUT2D eigenvalue weighted by atomic mass is 19.4. The maximum Gasteiger partial charge on any atom is 0.416 e. The molecule has 2 N–H and O–H groups in total. The molecule has 0 spiro atoms. The molecule has 0 rings (SSSR count). The number of hydrogen-bond donors (Lipinski definition) is 2. The molecule has 0 aliphatic carbocycles. The lowest BCUT2D eigenvalue weighted by Gasteiger charge is -2.31. The molecular weight excluding hydrogens is 247 g/mol. The van der Waals surface area contributed by atoms with Gasteiger partial charge in [0.15, 0.2) is 5.60 Å². The molecule has 0 fully saturated rings. The molecule has 6 heteroatoms. The third-order valence-electron chi connectivity index (χ3n) is 3.19. The van der Waals surface area contributed by atoms with Gasteiger partial charge in [0.2, 0.25) is 5.91 Å². The first-order valence-corrected chi connectivity index (χ1v) is 5.93. The number of carbonyl (C=O) groups excluding carboxylic acids is 1. The Morgan fingerprint density at radius 2 is 1.72 bits per heavy atom. The molecule has 3 nitrogen and oxygen atoms in total. The maximum absolute atomic E-state index is 12.5. The van der Waals surface area contributed by atoms with Gasteiger partial charge in [-0.2, -0.15) is 13.2 Å². The Bertz CT molecular complexity index is 298. The summed E-state index contributed by atoms with van der Waals surface area (Å²) in [6.07, 6.45) is -4.69. The summed E-state index contributed by atoms with van der Waals surface area (Å²) in [4.78, 5) is 11.8. The number of carbonyl (C=O) groups is 1. The molecule has 0 saturated heterocycles. The average Bonchev–Trinajstić information content (AvgIpc) is 2.14. The van der Waals surface area contributed by atoms with Gasteiger partial charge in [0, 0.05) is 17.9 Å². The molecule has 108 valence electrons. The van der Waals surface area contributed by atoms with Gasteiger partial charge < -0.3 is 10.4 Å². The molecule has 0 aromatic rings. The highest BCUT2D eigenvalue weighted by molar-refractivity contribution is 5.81. The molecule has 0 heterocycles. The second kappa shape index (κ2) is 5.47. The number of rotatable bonds is 5. The van der Waals surface area contributed by atoms with E-state index in [-0.39, 0.29) is 5.91 Å². The van der Waals surface area contributed by atoms with Gasteiger partial charge >= 0.3 is 6.18 Å². The predicted octanol–water partition coefficient (Wildman–Crippen LogP) is 2.63. The largest absolute Gasteiger partial charge is 0.416 e. The van der Waals surface area contributed by atoms with Crippen molar-refractivity contribution < 1.29 is 23.1 Å². The SMILES string of the molecule is CCC(C)(C)C(=O)NC(C)CC(C)(O)C(F)(F)F. The summed E-state index contributed by atoms with van der Waals surface area (Å²) in [5, 5.41) is 11.8. The Morgan fingerprint density at radius 1 is 1.28 bits per heavy atom. The third-order valence-corrected chi connectivity index (χ3v) is 3.19. The zero-order valence-corrected chi connectivity index (χ0v) is 11.5. The van der Waals surface area contributed by atoms with Crippen LogP contribution in [-0.4, -0.2) is 28.8 Å². The van der Waals surface area contributed by atoms with E-state index in [0.717, 1.165) is 0 Å². The fourth-order valence-electron chi connectivity index (χ4n) is 1.34. The first kappa shape index (κ1) is 17.2. The molecule has 0 aliphatic rings. The van der Waals surface area contributed by atoms with E-state index in [1.54, 1.807) is 13.8 Å². The minimum atomic E-state index is -4.70. The van der Waals surface area contributed by atoms with Gasteiger partial charge in [0.1, 0.15) is 0 Å². The molecule has 18 heavy (non-hydrogen) atoms. The Labute approximate surface area is 106 Å². The lowest BCUT2D eigenvalue weighted by molar-refractivity contribution is -0.256. The van der Waals surface area contributed by atoms with Crippen molar-refractivity contribution in [3.8, 4) is 0 Å². The lowest BCUT2D eigenvalue weighted by Crippen LogP contribution is -2.49. The van der Waals surface area contributed by atoms with Crippen molar-refractivity contribution in [2.45, 2.75) is 65.3 Å². The van der Waals surface area contributed by atoms with Crippen molar-refractivity contribution in [2.24, 2.45) is 5.41 Å². The van der Waals surface area contributed by atoms with Crippen molar-refractivity contribution in [2.75, 3.05) is 0 Å². The Morgan fingerprint density at radius 3 is 2.06 bits per heavy atom. The first-order chi connectivity index (χ1) is 7.83. The van der Waals surface area contributed by atoms with Crippen LogP contribution in [0.15, 0.2) is 0 Å². The summed E-state index contributed by atoms with van der Waals surface area (Å²) >= 11 is 0. The summed E-state index contributed by atoms with van der Waals surface area (Å²) in [5.74, 6) is -0.310. The summed E-state index contributed by atoms with van der Waals surface area (Å²) in [5.41, 5.74) is -3.42. The van der Waals surface area contributed by atoms with Crippen LogP contribution in [0.25, 0.3) is 0 Å². The highest BCUT2D eigenvalue weighted by Gasteiger charge is 2.50. The van der Waals surface area contributed by atoms with Gasteiger partial charge in [0.25, 0.3) is 0 Å². The topological polar surface area (TPSA) is 49.3 Å². The van der Waals surface area contributed by atoms with E-state index >= 15 is 0 Å². The van der Waals surface area contributed by atoms with Gasteiger partial charge in [-0.15, -0.1) is 0 Å². The maximum atomic E-state index is 12.5. The smallest absolute Gasteiger partial charge is 0.381 e. The monoisotopic (exact) mass is 269 g/mol. The number of amides is 1. The fraction of sp³-hybridized carbons (Fsp3) is 0.917. The summed E-state index contributed by atoms with van der Waals surface area (Å²) in [6.45, 7) is 7.43. The summed E-state index contributed by atoms with van der Waals surface area (Å²) < 4.78 is 37.4. The van der Waals surface area contributed by atoms with Crippen molar-refractivity contribution in [1.29, 1.82) is 0 Å². The molecule has 0 aliphatic heterocycles. The number of hydrogen-bond acceptors (Lipinski definition) is 2. The van der Waals surface area contributed by atoms with Gasteiger partial charge in [-0.1, -0.05) is 20.8 Å². The van der Waals surface area contributed by atoms with Crippen LogP contribution in [0.3, 0.4) is 0 Å². The second-order valence-corrected chi connectivity index (χ2v) is 5.59. The van der Waals surface area contributed by atoms with E-state index in [4.69, 9.17) is 0 Å². The molecule has 0 aromatic heterocycles. The third kappa shape index (κ3) is 4.48. The van der Waals surface area contributed by atoms with Gasteiger partial charge in [-0.05, 0) is 20.3 Å². The molecule has 0 radical (unpaired) electrons. The van der Waals surface area contributed by atoms with Crippen molar-refractivity contribution in [1.82, 2.24) is 5.32 Å². The van der Waals surface area contributed by atoms with Crippen LogP contribution in [-0.2, 0) is 4.79 Å². The normalized spacial score (nSPS) is 18.1. The number of nitrogens with one attached hydrogen (secondary N) is 1. The molecule has 0 aromatic carbocycles. The quantitative estimate of drug-likeness (QED) is 0.806. The fourth-order valence-corrected chi connectivity index (χ4v) is 1.34. The van der Waals surface area contributed by atoms with Crippen LogP contribution >= 0.6 is 0 Å². The van der Waals surface area contributed by atoms with Crippen molar-refractivity contribution >= 4 is 5.91 Å². The molecule has 2 unspecified atom stereocenters. The van der Waals surface area contributed by atoms with E-state index in [1.165, 1.54) is 6.92 Å². The van der Waals surface area contributed by atoms with E-state index in [1.807, 2.05) is 6.92 Å². The standard InChI is InChI=1S/C12H22F3NO2/c1-6-10(3,4)9(17)16-8(2)7-11(5,18)12(13,14)15/h8,18H,6-7H2,1-5H3,(H,16,17). The van der Waals surface area contributed by atoms with Gasteiger partial charge in [-0.3, -0.25) is 4.79 Å². The summed E-state index contributed by atoms with van der Waals surface area (Å²) in [6, 6.07) is -0.750. The minimum absolute atomic E-state index is 0.310. The van der Waals surface area contributed by atoms with Crippen molar-refractivity contribution in [3.05, 3.63) is 0 Å². The number of alkyl halides is 3. The molecule has 0 bridgehead atoms. The highest BCUT2D eigenvalue weighted by Crippen LogP contribution is 2.33. The summed E-state index contributed by atoms with van der Waals surface area (Å²) in [7, 11) is 0. The van der Waals surface area contributed by atoms with Crippen LogP contribution in [0.4, 0.5) is 13.2 Å². The zero-order chi connectivity index (χ0) is 14.8. The van der Waals surface area contributed by atoms with E-state index in [0.29, 0.717) is 13.3 Å². The Balaban J connectivity index is 4.55. The molecule has 0 saturated carbocycles. The van der Waals surface area contributed by atoms with E-state index in [9.17, 15) is 23.1 Å². The van der Waals surface area contributed by atoms with Gasteiger partial charge in [0.05, 0.1) is 0 Å². The molecule has 2 atom stereocenters. The van der Waals surface area contributed by atoms with E-state index < -0.39 is 29.7 Å². The average molecular weight is 269 g/mol. The van der Waals surface area contributed by atoms with Crippen LogP contribution in [0.5, 0.6) is 0 Å². The lowest BCUT2D eigenvalue weighted by atomic mass is 9.88. The molecular formula is C12H22F3NO2. The van der Waals surface area contributed by atoms with Crippen molar-refractivity contribution in [3.63, 3.8) is 0 Å².